The molecule has 0 aromatic carbocycles. The van der Waals surface area contributed by atoms with Gasteiger partial charge in [-0.15, -0.1) is 0 Å². The molecular formula is C16H22N4O. The van der Waals surface area contributed by atoms with Crippen LogP contribution in [0.4, 0.5) is 11.5 Å². The topological polar surface area (TPSA) is 57.3 Å². The molecule has 112 valence electrons. The van der Waals surface area contributed by atoms with Crippen LogP contribution >= 0.6 is 0 Å². The number of fused-ring (bicyclic) bond motifs is 2. The molecule has 0 radical (unpaired) electrons. The van der Waals surface area contributed by atoms with Gasteiger partial charge >= 0.3 is 0 Å². The second kappa shape index (κ2) is 5.30. The lowest BCUT2D eigenvalue weighted by Gasteiger charge is -2.20. The molecule has 5 nitrogen and oxygen atoms in total. The van der Waals surface area contributed by atoms with Crippen molar-refractivity contribution in [3.8, 4) is 0 Å². The number of amides is 1. The fourth-order valence-corrected chi connectivity index (χ4v) is 3.94. The monoisotopic (exact) mass is 286 g/mol. The van der Waals surface area contributed by atoms with Crippen LogP contribution in [0.3, 0.4) is 0 Å². The zero-order valence-corrected chi connectivity index (χ0v) is 12.2. The number of carbonyl (C=O) groups is 1. The van der Waals surface area contributed by atoms with Gasteiger partial charge in [-0.2, -0.15) is 0 Å². The Morgan fingerprint density at radius 1 is 1.29 bits per heavy atom. The summed E-state index contributed by atoms with van der Waals surface area (Å²) in [7, 11) is 0. The first-order chi connectivity index (χ1) is 10.3. The Labute approximate surface area is 125 Å². The summed E-state index contributed by atoms with van der Waals surface area (Å²) in [5.74, 6) is 1.29. The van der Waals surface area contributed by atoms with E-state index in [4.69, 9.17) is 0 Å². The molecule has 3 atom stereocenters. The van der Waals surface area contributed by atoms with Crippen molar-refractivity contribution in [3.05, 3.63) is 18.3 Å². The van der Waals surface area contributed by atoms with Crippen molar-refractivity contribution in [1.82, 2.24) is 10.3 Å². The molecule has 2 bridgehead atoms. The van der Waals surface area contributed by atoms with Crippen LogP contribution < -0.4 is 15.5 Å². The van der Waals surface area contributed by atoms with Crippen LogP contribution in [0.1, 0.15) is 32.1 Å². The predicted octanol–water partition coefficient (Wildman–Crippen LogP) is 1.76. The first-order valence-electron chi connectivity index (χ1n) is 8.07. The van der Waals surface area contributed by atoms with E-state index in [9.17, 15) is 4.79 Å². The molecule has 0 aliphatic carbocycles. The standard InChI is InChI=1S/C16H22N4O/c21-16(13-9-11-3-5-14(13)18-11)19-12-4-6-15(17-10-12)20-7-1-2-8-20/h4,6,10-11,13-14,18H,1-3,5,7-9H2,(H,19,21). The summed E-state index contributed by atoms with van der Waals surface area (Å²) in [6.45, 7) is 2.19. The third-order valence-corrected chi connectivity index (χ3v) is 5.08. The Kier molecular flexibility index (Phi) is 3.30. The predicted molar refractivity (Wildman–Crippen MR) is 82.4 cm³/mol. The number of anilines is 2. The average molecular weight is 286 g/mol. The van der Waals surface area contributed by atoms with Gasteiger partial charge in [0.25, 0.3) is 0 Å². The van der Waals surface area contributed by atoms with E-state index in [0.29, 0.717) is 12.1 Å². The molecule has 21 heavy (non-hydrogen) atoms. The number of nitrogens with one attached hydrogen (secondary N) is 2. The van der Waals surface area contributed by atoms with Gasteiger partial charge in [-0.05, 0) is 44.2 Å². The smallest absolute Gasteiger partial charge is 0.229 e. The third kappa shape index (κ3) is 2.50. The Bertz CT molecular complexity index is 524. The van der Waals surface area contributed by atoms with Crippen LogP contribution in [0.25, 0.3) is 0 Å². The van der Waals surface area contributed by atoms with E-state index < -0.39 is 0 Å². The maximum atomic E-state index is 12.4. The molecule has 1 amide bonds. The Hall–Kier alpha value is -1.62. The summed E-state index contributed by atoms with van der Waals surface area (Å²) >= 11 is 0. The van der Waals surface area contributed by atoms with Gasteiger partial charge in [0.05, 0.1) is 17.8 Å². The minimum absolute atomic E-state index is 0.127. The molecule has 2 N–H and O–H groups in total. The molecule has 3 unspecified atom stereocenters. The van der Waals surface area contributed by atoms with E-state index in [0.717, 1.165) is 37.4 Å². The number of hydrogen-bond donors (Lipinski definition) is 2. The minimum atomic E-state index is 0.127. The zero-order valence-electron chi connectivity index (χ0n) is 12.2. The maximum absolute atomic E-state index is 12.4. The fourth-order valence-electron chi connectivity index (χ4n) is 3.94. The van der Waals surface area contributed by atoms with Crippen LogP contribution in [0, 0.1) is 5.92 Å². The fraction of sp³-hybridized carbons (Fsp3) is 0.625. The molecule has 0 saturated carbocycles. The second-order valence-corrected chi connectivity index (χ2v) is 6.48. The first-order valence-corrected chi connectivity index (χ1v) is 8.07. The van der Waals surface area contributed by atoms with E-state index >= 15 is 0 Å². The van der Waals surface area contributed by atoms with Crippen molar-refractivity contribution in [3.63, 3.8) is 0 Å². The van der Waals surface area contributed by atoms with E-state index in [-0.39, 0.29) is 11.8 Å². The molecule has 0 spiro atoms. The molecule has 4 rings (SSSR count). The quantitative estimate of drug-likeness (QED) is 0.889. The number of nitrogens with zero attached hydrogens (tertiary/aromatic N) is 2. The van der Waals surface area contributed by atoms with Gasteiger partial charge < -0.3 is 15.5 Å². The molecule has 4 heterocycles. The normalized spacial score (nSPS) is 30.9. The van der Waals surface area contributed by atoms with E-state index in [1.807, 2.05) is 12.1 Å². The summed E-state index contributed by atoms with van der Waals surface area (Å²) in [6, 6.07) is 4.92. The largest absolute Gasteiger partial charge is 0.357 e. The van der Waals surface area contributed by atoms with Crippen LogP contribution in [0.2, 0.25) is 0 Å². The Morgan fingerprint density at radius 2 is 2.14 bits per heavy atom. The lowest BCUT2D eigenvalue weighted by atomic mass is 9.88. The molecule has 1 aromatic rings. The minimum Gasteiger partial charge on any atom is -0.357 e. The number of hydrogen-bond acceptors (Lipinski definition) is 4. The molecule has 5 heteroatoms. The molecule has 1 aromatic heterocycles. The lowest BCUT2D eigenvalue weighted by molar-refractivity contribution is -0.120. The average Bonchev–Trinajstić information content (AvgIpc) is 3.25. The van der Waals surface area contributed by atoms with Crippen molar-refractivity contribution in [2.75, 3.05) is 23.3 Å². The number of aromatic nitrogens is 1. The highest BCUT2D eigenvalue weighted by Crippen LogP contribution is 2.33. The second-order valence-electron chi connectivity index (χ2n) is 6.48. The van der Waals surface area contributed by atoms with Gasteiger partial charge in [-0.3, -0.25) is 4.79 Å². The number of carbonyl (C=O) groups excluding carboxylic acids is 1. The number of pyridine rings is 1. The highest BCUT2D eigenvalue weighted by Gasteiger charge is 2.42. The molecule has 3 saturated heterocycles. The van der Waals surface area contributed by atoms with Gasteiger partial charge in [0, 0.05) is 25.2 Å². The van der Waals surface area contributed by atoms with Crippen molar-refractivity contribution < 1.29 is 4.79 Å². The van der Waals surface area contributed by atoms with Crippen LogP contribution in [-0.2, 0) is 4.79 Å². The van der Waals surface area contributed by atoms with Gasteiger partial charge in [0.2, 0.25) is 5.91 Å². The summed E-state index contributed by atoms with van der Waals surface area (Å²) < 4.78 is 0. The Balaban J connectivity index is 1.39. The van der Waals surface area contributed by atoms with E-state index in [2.05, 4.69) is 20.5 Å². The van der Waals surface area contributed by atoms with Crippen molar-refractivity contribution >= 4 is 17.4 Å². The van der Waals surface area contributed by atoms with E-state index in [1.54, 1.807) is 6.20 Å². The Morgan fingerprint density at radius 3 is 2.76 bits per heavy atom. The SMILES string of the molecule is O=C(Nc1ccc(N2CCCC2)nc1)C1CC2CCC1N2. The summed E-state index contributed by atoms with van der Waals surface area (Å²) in [5, 5.41) is 6.53. The van der Waals surface area contributed by atoms with Crippen LogP contribution in [0.15, 0.2) is 18.3 Å². The first kappa shape index (κ1) is 13.1. The van der Waals surface area contributed by atoms with Gasteiger partial charge in [-0.1, -0.05) is 0 Å². The zero-order chi connectivity index (χ0) is 14.2. The summed E-state index contributed by atoms with van der Waals surface area (Å²) in [5.41, 5.74) is 0.811. The summed E-state index contributed by atoms with van der Waals surface area (Å²) in [4.78, 5) is 19.1. The molecule has 3 aliphatic rings. The third-order valence-electron chi connectivity index (χ3n) is 5.08. The maximum Gasteiger partial charge on any atom is 0.229 e. The van der Waals surface area contributed by atoms with Crippen molar-refractivity contribution in [2.24, 2.45) is 5.92 Å². The van der Waals surface area contributed by atoms with Crippen LogP contribution in [0.5, 0.6) is 0 Å². The van der Waals surface area contributed by atoms with Crippen molar-refractivity contribution in [2.45, 2.75) is 44.2 Å². The summed E-state index contributed by atoms with van der Waals surface area (Å²) in [6.07, 6.45) is 7.62. The molecule has 3 fully saturated rings. The van der Waals surface area contributed by atoms with Gasteiger partial charge in [0.1, 0.15) is 5.82 Å². The number of rotatable bonds is 3. The molecular weight excluding hydrogens is 264 g/mol. The van der Waals surface area contributed by atoms with Crippen LogP contribution in [-0.4, -0.2) is 36.1 Å². The van der Waals surface area contributed by atoms with Crippen molar-refractivity contribution in [1.29, 1.82) is 0 Å². The highest BCUT2D eigenvalue weighted by atomic mass is 16.2. The van der Waals surface area contributed by atoms with Gasteiger partial charge in [0.15, 0.2) is 0 Å². The lowest BCUT2D eigenvalue weighted by Crippen LogP contribution is -2.32. The van der Waals surface area contributed by atoms with E-state index in [1.165, 1.54) is 19.3 Å². The molecule has 3 aliphatic heterocycles. The highest BCUT2D eigenvalue weighted by molar-refractivity contribution is 5.93. The van der Waals surface area contributed by atoms with Gasteiger partial charge in [-0.25, -0.2) is 4.98 Å².